The first-order chi connectivity index (χ1) is 6.52. The van der Waals surface area contributed by atoms with Gasteiger partial charge in [-0.25, -0.2) is 8.42 Å². The van der Waals surface area contributed by atoms with E-state index in [0.717, 1.165) is 6.42 Å². The molecule has 0 spiro atoms. The van der Waals surface area contributed by atoms with Crippen molar-refractivity contribution >= 4 is 20.6 Å². The van der Waals surface area contributed by atoms with Crippen molar-refractivity contribution in [2.75, 3.05) is 29.6 Å². The van der Waals surface area contributed by atoms with Gasteiger partial charge in [0.25, 0.3) is 0 Å². The molecule has 0 rings (SSSR count). The van der Waals surface area contributed by atoms with E-state index in [-0.39, 0.29) is 11.5 Å². The molecule has 4 nitrogen and oxygen atoms in total. The summed E-state index contributed by atoms with van der Waals surface area (Å²) in [5.74, 6) is 1.38. The van der Waals surface area contributed by atoms with Crippen LogP contribution in [0.25, 0.3) is 0 Å². The van der Waals surface area contributed by atoms with Crippen LogP contribution in [-0.2, 0) is 20.6 Å². The molecule has 0 radical (unpaired) electrons. The average Bonchev–Trinajstić information content (AvgIpc) is 2.14. The van der Waals surface area contributed by atoms with E-state index in [1.807, 2.05) is 0 Å². The maximum atomic E-state index is 11.2. The van der Waals surface area contributed by atoms with Gasteiger partial charge < -0.3 is 5.73 Å². The fourth-order valence-corrected chi connectivity index (χ4v) is 3.15. The number of hydrogen-bond donors (Lipinski definition) is 1. The Morgan fingerprint density at radius 3 is 2.29 bits per heavy atom. The van der Waals surface area contributed by atoms with Crippen molar-refractivity contribution < 1.29 is 12.6 Å². The molecule has 0 fully saturated rings. The minimum absolute atomic E-state index is 0.151. The molecule has 1 atom stereocenters. The highest BCUT2D eigenvalue weighted by atomic mass is 32.2. The molecule has 0 aliphatic rings. The van der Waals surface area contributed by atoms with Gasteiger partial charge in [0, 0.05) is 28.1 Å². The predicted molar refractivity (Wildman–Crippen MR) is 60.5 cm³/mol. The molecule has 0 aliphatic heterocycles. The van der Waals surface area contributed by atoms with Crippen molar-refractivity contribution in [3.63, 3.8) is 0 Å². The lowest BCUT2D eigenvalue weighted by atomic mass is 10.5. The smallest absolute Gasteiger partial charge is 0.150 e. The first-order valence-electron chi connectivity index (χ1n) is 4.77. The van der Waals surface area contributed by atoms with E-state index in [4.69, 9.17) is 5.73 Å². The summed E-state index contributed by atoms with van der Waals surface area (Å²) in [6.45, 7) is 2.17. The van der Waals surface area contributed by atoms with Gasteiger partial charge in [0.2, 0.25) is 0 Å². The molecule has 0 heterocycles. The van der Waals surface area contributed by atoms with Gasteiger partial charge in [0.15, 0.2) is 0 Å². The third-order valence-electron chi connectivity index (χ3n) is 1.84. The standard InChI is InChI=1S/C8H19NO3S2/c1-2-14(11,12)8-4-7-13(10)6-3-5-9/h2-9H2,1H3. The van der Waals surface area contributed by atoms with Crippen LogP contribution in [-0.4, -0.2) is 42.2 Å². The minimum atomic E-state index is -2.89. The zero-order valence-corrected chi connectivity index (χ0v) is 10.2. The summed E-state index contributed by atoms with van der Waals surface area (Å²) >= 11 is 0. The van der Waals surface area contributed by atoms with E-state index in [0.29, 0.717) is 24.5 Å². The molecular weight excluding hydrogens is 222 g/mol. The van der Waals surface area contributed by atoms with Gasteiger partial charge in [-0.1, -0.05) is 6.92 Å². The first-order valence-corrected chi connectivity index (χ1v) is 8.08. The fraction of sp³-hybridized carbons (Fsp3) is 1.00. The summed E-state index contributed by atoms with van der Waals surface area (Å²) in [5, 5.41) is 0. The Labute approximate surface area is 88.6 Å². The third kappa shape index (κ3) is 7.46. The summed E-state index contributed by atoms with van der Waals surface area (Å²) in [4.78, 5) is 0. The highest BCUT2D eigenvalue weighted by Crippen LogP contribution is 1.96. The second-order valence-corrected chi connectivity index (χ2v) is 7.25. The van der Waals surface area contributed by atoms with Crippen LogP contribution >= 0.6 is 0 Å². The molecule has 0 aliphatic carbocycles. The number of rotatable bonds is 8. The summed E-state index contributed by atoms with van der Waals surface area (Å²) in [7, 11) is -3.80. The minimum Gasteiger partial charge on any atom is -0.330 e. The number of nitrogens with two attached hydrogens (primary N) is 1. The highest BCUT2D eigenvalue weighted by molar-refractivity contribution is 7.91. The van der Waals surface area contributed by atoms with Crippen LogP contribution in [0, 0.1) is 0 Å². The SMILES string of the molecule is CCS(=O)(=O)CCCS(=O)CCCN. The summed E-state index contributed by atoms with van der Waals surface area (Å²) in [5.41, 5.74) is 5.27. The molecule has 6 heteroatoms. The predicted octanol–water partition coefficient (Wildman–Crippen LogP) is -0.0913. The van der Waals surface area contributed by atoms with Crippen molar-refractivity contribution in [3.05, 3.63) is 0 Å². The molecule has 0 saturated heterocycles. The maximum Gasteiger partial charge on any atom is 0.150 e. The lowest BCUT2D eigenvalue weighted by Crippen LogP contribution is -2.13. The lowest BCUT2D eigenvalue weighted by molar-refractivity contribution is 0.596. The quantitative estimate of drug-likeness (QED) is 0.644. The molecule has 2 N–H and O–H groups in total. The van der Waals surface area contributed by atoms with E-state index in [2.05, 4.69) is 0 Å². The molecule has 14 heavy (non-hydrogen) atoms. The second kappa shape index (κ2) is 7.36. The Bertz CT molecular complexity index is 262. The molecule has 0 saturated carbocycles. The summed E-state index contributed by atoms with van der Waals surface area (Å²) in [6.07, 6.45) is 1.24. The van der Waals surface area contributed by atoms with Crippen LogP contribution in [0.15, 0.2) is 0 Å². The van der Waals surface area contributed by atoms with E-state index in [1.54, 1.807) is 6.92 Å². The Morgan fingerprint density at radius 2 is 1.79 bits per heavy atom. The topological polar surface area (TPSA) is 77.2 Å². The van der Waals surface area contributed by atoms with Crippen LogP contribution in [0.2, 0.25) is 0 Å². The number of sulfone groups is 1. The normalized spacial score (nSPS) is 14.1. The van der Waals surface area contributed by atoms with Gasteiger partial charge in [-0.3, -0.25) is 4.21 Å². The van der Waals surface area contributed by atoms with Gasteiger partial charge in [-0.05, 0) is 19.4 Å². The second-order valence-electron chi connectivity index (χ2n) is 3.08. The highest BCUT2D eigenvalue weighted by Gasteiger charge is 2.08. The Kier molecular flexibility index (Phi) is 7.40. The van der Waals surface area contributed by atoms with Gasteiger partial charge in [-0.15, -0.1) is 0 Å². The van der Waals surface area contributed by atoms with Crippen molar-refractivity contribution in [2.24, 2.45) is 5.73 Å². The zero-order valence-electron chi connectivity index (χ0n) is 8.57. The van der Waals surface area contributed by atoms with Crippen molar-refractivity contribution in [2.45, 2.75) is 19.8 Å². The van der Waals surface area contributed by atoms with Crippen molar-refractivity contribution in [1.82, 2.24) is 0 Å². The molecule has 0 amide bonds. The third-order valence-corrected chi connectivity index (χ3v) is 5.12. The monoisotopic (exact) mass is 241 g/mol. The Morgan fingerprint density at radius 1 is 1.21 bits per heavy atom. The largest absolute Gasteiger partial charge is 0.330 e. The van der Waals surface area contributed by atoms with Crippen LogP contribution < -0.4 is 5.73 Å². The summed E-state index contributed by atoms with van der Waals surface area (Å²) < 4.78 is 33.4. The number of hydrogen-bond acceptors (Lipinski definition) is 4. The van der Waals surface area contributed by atoms with Gasteiger partial charge in [-0.2, -0.15) is 0 Å². The molecule has 0 aromatic carbocycles. The van der Waals surface area contributed by atoms with E-state index >= 15 is 0 Å². The lowest BCUT2D eigenvalue weighted by Gasteiger charge is -2.01. The van der Waals surface area contributed by atoms with E-state index in [1.165, 1.54) is 0 Å². The molecule has 0 aromatic rings. The molecule has 0 bridgehead atoms. The Hall–Kier alpha value is 0.0600. The van der Waals surface area contributed by atoms with Crippen molar-refractivity contribution in [1.29, 1.82) is 0 Å². The van der Waals surface area contributed by atoms with Gasteiger partial charge in [0.05, 0.1) is 5.75 Å². The van der Waals surface area contributed by atoms with Gasteiger partial charge in [0.1, 0.15) is 9.84 Å². The van der Waals surface area contributed by atoms with Crippen molar-refractivity contribution in [3.8, 4) is 0 Å². The van der Waals surface area contributed by atoms with E-state index < -0.39 is 20.6 Å². The molecular formula is C8H19NO3S2. The van der Waals surface area contributed by atoms with Crippen LogP contribution in [0.5, 0.6) is 0 Å². The Balaban J connectivity index is 3.59. The molecule has 0 aromatic heterocycles. The zero-order chi connectivity index (χ0) is 11.0. The van der Waals surface area contributed by atoms with E-state index in [9.17, 15) is 12.6 Å². The van der Waals surface area contributed by atoms with Gasteiger partial charge >= 0.3 is 0 Å². The molecule has 1 unspecified atom stereocenters. The molecule has 86 valence electrons. The summed E-state index contributed by atoms with van der Waals surface area (Å²) in [6, 6.07) is 0. The van der Waals surface area contributed by atoms with Crippen LogP contribution in [0.4, 0.5) is 0 Å². The first kappa shape index (κ1) is 14.1. The average molecular weight is 241 g/mol. The maximum absolute atomic E-state index is 11.2. The van der Waals surface area contributed by atoms with Crippen LogP contribution in [0.3, 0.4) is 0 Å². The van der Waals surface area contributed by atoms with Crippen LogP contribution in [0.1, 0.15) is 19.8 Å². The fourth-order valence-electron chi connectivity index (χ4n) is 0.931.